The highest BCUT2D eigenvalue weighted by Crippen LogP contribution is 2.20. The largest absolute Gasteiger partial charge is 0.439 e. The van der Waals surface area contributed by atoms with Gasteiger partial charge in [0.15, 0.2) is 5.96 Å². The maximum absolute atomic E-state index is 13.3. The number of ether oxygens (including phenoxy) is 1. The Morgan fingerprint density at radius 3 is 2.56 bits per heavy atom. The van der Waals surface area contributed by atoms with E-state index < -0.39 is 0 Å². The molecule has 3 aromatic rings. The number of anilines is 1. The average molecular weight is 548 g/mol. The Morgan fingerprint density at radius 1 is 1.06 bits per heavy atom. The predicted molar refractivity (Wildman–Crippen MR) is 134 cm³/mol. The van der Waals surface area contributed by atoms with E-state index in [1.807, 2.05) is 30.5 Å². The highest BCUT2D eigenvalue weighted by atomic mass is 127. The molecule has 0 radical (unpaired) electrons. The fraction of sp³-hybridized carbons (Fsp3) is 0.261. The van der Waals surface area contributed by atoms with E-state index in [9.17, 15) is 4.39 Å². The fourth-order valence-electron chi connectivity index (χ4n) is 3.43. The highest BCUT2D eigenvalue weighted by Gasteiger charge is 2.20. The van der Waals surface area contributed by atoms with Crippen molar-refractivity contribution >= 4 is 35.8 Å². The van der Waals surface area contributed by atoms with Gasteiger partial charge < -0.3 is 19.9 Å². The topological polar surface area (TPSA) is 65.9 Å². The van der Waals surface area contributed by atoms with Crippen LogP contribution in [0, 0.1) is 5.82 Å². The molecular weight excluding hydrogens is 522 g/mol. The number of nitrogens with zero attached hydrogens (tertiary/aromatic N) is 5. The van der Waals surface area contributed by atoms with Crippen molar-refractivity contribution in [2.24, 2.45) is 4.99 Å². The Balaban J connectivity index is 0.00000289. The monoisotopic (exact) mass is 548 g/mol. The highest BCUT2D eigenvalue weighted by molar-refractivity contribution is 14.0. The van der Waals surface area contributed by atoms with Gasteiger partial charge in [0.2, 0.25) is 5.88 Å². The number of halogens is 2. The fourth-order valence-corrected chi connectivity index (χ4v) is 3.43. The Labute approximate surface area is 204 Å². The number of aromatic nitrogens is 2. The van der Waals surface area contributed by atoms with Gasteiger partial charge in [-0.2, -0.15) is 0 Å². The molecule has 4 rings (SSSR count). The Hall–Kier alpha value is -2.95. The molecule has 0 saturated carbocycles. The summed E-state index contributed by atoms with van der Waals surface area (Å²) in [6.45, 7) is 4.13. The molecule has 1 aliphatic rings. The smallest absolute Gasteiger partial charge is 0.219 e. The van der Waals surface area contributed by atoms with Gasteiger partial charge in [0.1, 0.15) is 17.4 Å². The Morgan fingerprint density at radius 2 is 1.91 bits per heavy atom. The SMILES string of the molecule is CN=C(NCc1ccc(Oc2cccc(F)c2)nc1)N1CCN(c2ccccn2)CC1.I. The first-order valence-electron chi connectivity index (χ1n) is 10.2. The number of rotatable bonds is 5. The summed E-state index contributed by atoms with van der Waals surface area (Å²) in [5.41, 5.74) is 1.000. The summed E-state index contributed by atoms with van der Waals surface area (Å²) in [5.74, 6) is 2.37. The summed E-state index contributed by atoms with van der Waals surface area (Å²) in [6, 6.07) is 15.7. The first kappa shape index (κ1) is 23.7. The maximum Gasteiger partial charge on any atom is 0.219 e. The van der Waals surface area contributed by atoms with E-state index in [-0.39, 0.29) is 29.8 Å². The second-order valence-electron chi connectivity index (χ2n) is 7.13. The molecule has 0 unspecified atom stereocenters. The minimum Gasteiger partial charge on any atom is -0.439 e. The van der Waals surface area contributed by atoms with E-state index in [2.05, 4.69) is 30.1 Å². The summed E-state index contributed by atoms with van der Waals surface area (Å²) < 4.78 is 18.9. The molecule has 0 aliphatic carbocycles. The van der Waals surface area contributed by atoms with Crippen molar-refractivity contribution in [1.29, 1.82) is 0 Å². The molecule has 32 heavy (non-hydrogen) atoms. The van der Waals surface area contributed by atoms with Gasteiger partial charge in [-0.3, -0.25) is 4.99 Å². The van der Waals surface area contributed by atoms with Crippen LogP contribution in [0.3, 0.4) is 0 Å². The van der Waals surface area contributed by atoms with Gasteiger partial charge >= 0.3 is 0 Å². The van der Waals surface area contributed by atoms with Gasteiger partial charge in [0.05, 0.1) is 0 Å². The van der Waals surface area contributed by atoms with Crippen LogP contribution in [-0.2, 0) is 6.54 Å². The molecule has 0 bridgehead atoms. The third-order valence-corrected chi connectivity index (χ3v) is 5.03. The van der Waals surface area contributed by atoms with Crippen LogP contribution >= 0.6 is 24.0 Å². The van der Waals surface area contributed by atoms with E-state index >= 15 is 0 Å². The lowest BCUT2D eigenvalue weighted by molar-refractivity contribution is 0.371. The van der Waals surface area contributed by atoms with E-state index in [4.69, 9.17) is 4.74 Å². The van der Waals surface area contributed by atoms with Gasteiger partial charge in [-0.05, 0) is 29.8 Å². The Kier molecular flexibility index (Phi) is 8.60. The predicted octanol–water partition coefficient (Wildman–Crippen LogP) is 3.92. The van der Waals surface area contributed by atoms with Crippen molar-refractivity contribution < 1.29 is 9.13 Å². The van der Waals surface area contributed by atoms with Gasteiger partial charge in [-0.1, -0.05) is 18.2 Å². The van der Waals surface area contributed by atoms with Gasteiger partial charge in [-0.15, -0.1) is 24.0 Å². The van der Waals surface area contributed by atoms with Crippen LogP contribution in [0.25, 0.3) is 0 Å². The zero-order chi connectivity index (χ0) is 21.5. The standard InChI is InChI=1S/C23H25FN6O.HI/c1-25-23(30-13-11-29(12-14-30)21-7-2-3-10-26-21)28-17-18-8-9-22(27-16-18)31-20-6-4-5-19(24)15-20;/h2-10,15-16H,11-14,17H2,1H3,(H,25,28);1H. The quantitative estimate of drug-likeness (QED) is 0.296. The second kappa shape index (κ2) is 11.6. The average Bonchev–Trinajstić information content (AvgIpc) is 2.81. The van der Waals surface area contributed by atoms with Crippen LogP contribution in [0.1, 0.15) is 5.56 Å². The number of benzene rings is 1. The van der Waals surface area contributed by atoms with Gasteiger partial charge in [-0.25, -0.2) is 14.4 Å². The molecule has 7 nitrogen and oxygen atoms in total. The molecule has 0 amide bonds. The lowest BCUT2D eigenvalue weighted by atomic mass is 10.3. The summed E-state index contributed by atoms with van der Waals surface area (Å²) in [7, 11) is 1.79. The number of piperazine rings is 1. The molecular formula is C23H26FIN6O. The number of aliphatic imine (C=N–C) groups is 1. The van der Waals surface area contributed by atoms with Crippen molar-refractivity contribution in [3.8, 4) is 11.6 Å². The molecule has 0 spiro atoms. The van der Waals surface area contributed by atoms with Crippen LogP contribution in [0.5, 0.6) is 11.6 Å². The van der Waals surface area contributed by atoms with Gasteiger partial charge in [0, 0.05) is 64.3 Å². The molecule has 3 heterocycles. The summed E-state index contributed by atoms with van der Waals surface area (Å²) in [5, 5.41) is 3.40. The number of pyridine rings is 2. The lowest BCUT2D eigenvalue weighted by Crippen LogP contribution is -2.52. The number of hydrogen-bond acceptors (Lipinski definition) is 5. The molecule has 168 valence electrons. The van der Waals surface area contributed by atoms with Crippen LogP contribution in [-0.4, -0.2) is 54.1 Å². The van der Waals surface area contributed by atoms with Crippen LogP contribution in [0.4, 0.5) is 10.2 Å². The summed E-state index contributed by atoms with van der Waals surface area (Å²) in [4.78, 5) is 17.7. The first-order valence-corrected chi connectivity index (χ1v) is 10.2. The molecule has 1 N–H and O–H groups in total. The van der Waals surface area contributed by atoms with Crippen LogP contribution in [0.2, 0.25) is 0 Å². The van der Waals surface area contributed by atoms with E-state index in [1.54, 1.807) is 31.4 Å². The molecule has 0 atom stereocenters. The zero-order valence-corrected chi connectivity index (χ0v) is 20.1. The minimum atomic E-state index is -0.342. The van der Waals surface area contributed by atoms with Crippen LogP contribution in [0.15, 0.2) is 72.0 Å². The normalized spacial score (nSPS) is 14.0. The minimum absolute atomic E-state index is 0. The summed E-state index contributed by atoms with van der Waals surface area (Å²) in [6.07, 6.45) is 3.57. The molecule has 1 aliphatic heterocycles. The van der Waals surface area contributed by atoms with Crippen molar-refractivity contribution in [1.82, 2.24) is 20.2 Å². The maximum atomic E-state index is 13.3. The zero-order valence-electron chi connectivity index (χ0n) is 17.8. The molecule has 9 heteroatoms. The lowest BCUT2D eigenvalue weighted by Gasteiger charge is -2.37. The summed E-state index contributed by atoms with van der Waals surface area (Å²) >= 11 is 0. The van der Waals surface area contributed by atoms with Crippen molar-refractivity contribution in [2.75, 3.05) is 38.1 Å². The molecule has 1 aromatic carbocycles. The number of hydrogen-bond donors (Lipinski definition) is 1. The van der Waals surface area contributed by atoms with Gasteiger partial charge in [0.25, 0.3) is 0 Å². The molecule has 2 aromatic heterocycles. The third kappa shape index (κ3) is 6.28. The third-order valence-electron chi connectivity index (χ3n) is 5.03. The second-order valence-corrected chi connectivity index (χ2v) is 7.13. The number of nitrogens with one attached hydrogen (secondary N) is 1. The van der Waals surface area contributed by atoms with Crippen molar-refractivity contribution in [2.45, 2.75) is 6.54 Å². The van der Waals surface area contributed by atoms with Crippen LogP contribution < -0.4 is 15.0 Å². The van der Waals surface area contributed by atoms with E-state index in [0.29, 0.717) is 18.2 Å². The van der Waals surface area contributed by atoms with E-state index in [0.717, 1.165) is 43.5 Å². The van der Waals surface area contributed by atoms with E-state index in [1.165, 1.54) is 12.1 Å². The molecule has 1 saturated heterocycles. The first-order chi connectivity index (χ1) is 15.2. The molecule has 1 fully saturated rings. The van der Waals surface area contributed by atoms with Crippen molar-refractivity contribution in [3.63, 3.8) is 0 Å². The van der Waals surface area contributed by atoms with Crippen molar-refractivity contribution in [3.05, 3.63) is 78.4 Å². The number of guanidine groups is 1. The Bertz CT molecular complexity index is 1010.